The Labute approximate surface area is 89.6 Å². The minimum atomic E-state index is -0.749. The number of ether oxygens (including phenoxy) is 2. The summed E-state index contributed by atoms with van der Waals surface area (Å²) in [7, 11) is 0. The van der Waals surface area contributed by atoms with Crippen LogP contribution in [0.4, 0.5) is 0 Å². The zero-order valence-electron chi connectivity index (χ0n) is 9.45. The van der Waals surface area contributed by atoms with Crippen molar-refractivity contribution in [1.82, 2.24) is 0 Å². The lowest BCUT2D eigenvalue weighted by Crippen LogP contribution is -2.46. The second-order valence-electron chi connectivity index (χ2n) is 4.96. The first-order chi connectivity index (χ1) is 6.91. The summed E-state index contributed by atoms with van der Waals surface area (Å²) in [6.45, 7) is 5.91. The van der Waals surface area contributed by atoms with E-state index in [1.807, 2.05) is 6.92 Å². The van der Waals surface area contributed by atoms with E-state index in [4.69, 9.17) is 9.47 Å². The molecule has 2 aliphatic heterocycles. The second kappa shape index (κ2) is 3.19. The number of carbonyl (C=O) groups excluding carboxylic acids is 1. The molecule has 0 spiro atoms. The third-order valence-electron chi connectivity index (χ3n) is 3.65. The van der Waals surface area contributed by atoms with Crippen LogP contribution in [0, 0.1) is 5.92 Å². The fourth-order valence-corrected chi connectivity index (χ4v) is 2.88. The zero-order valence-corrected chi connectivity index (χ0v) is 9.45. The van der Waals surface area contributed by atoms with E-state index in [0.717, 1.165) is 0 Å². The Morgan fingerprint density at radius 3 is 2.67 bits per heavy atom. The highest BCUT2D eigenvalue weighted by atomic mass is 16.6. The normalized spacial score (nSPS) is 48.3. The maximum Gasteiger partial charge on any atom is 0.312 e. The van der Waals surface area contributed by atoms with Crippen LogP contribution in [0.25, 0.3) is 0 Å². The molecule has 2 fully saturated rings. The van der Waals surface area contributed by atoms with E-state index < -0.39 is 11.7 Å². The van der Waals surface area contributed by atoms with Crippen molar-refractivity contribution in [2.45, 2.75) is 50.9 Å². The van der Waals surface area contributed by atoms with Gasteiger partial charge in [0.15, 0.2) is 0 Å². The molecular formula is C11H18O4. The van der Waals surface area contributed by atoms with Gasteiger partial charge in [0.2, 0.25) is 0 Å². The van der Waals surface area contributed by atoms with E-state index in [0.29, 0.717) is 19.4 Å². The minimum Gasteiger partial charge on any atom is -0.466 e. The Morgan fingerprint density at radius 1 is 1.53 bits per heavy atom. The molecule has 0 radical (unpaired) electrons. The van der Waals surface area contributed by atoms with Crippen molar-refractivity contribution < 1.29 is 19.4 Å². The van der Waals surface area contributed by atoms with Gasteiger partial charge in [-0.05, 0) is 27.2 Å². The molecule has 1 N–H and O–H groups in total. The summed E-state index contributed by atoms with van der Waals surface area (Å²) < 4.78 is 10.8. The summed E-state index contributed by atoms with van der Waals surface area (Å²) in [5.41, 5.74) is -1.10. The minimum absolute atomic E-state index is 0.248. The lowest BCUT2D eigenvalue weighted by molar-refractivity contribution is -0.157. The van der Waals surface area contributed by atoms with E-state index in [9.17, 15) is 9.90 Å². The fraction of sp³-hybridized carbons (Fsp3) is 0.909. The molecule has 4 nitrogen and oxygen atoms in total. The third kappa shape index (κ3) is 1.47. The average molecular weight is 214 g/mol. The number of aliphatic hydroxyl groups is 1. The average Bonchev–Trinajstić information content (AvgIpc) is 2.50. The summed E-state index contributed by atoms with van der Waals surface area (Å²) in [6, 6.07) is 0. The maximum absolute atomic E-state index is 11.7. The van der Waals surface area contributed by atoms with Crippen LogP contribution in [0.5, 0.6) is 0 Å². The highest BCUT2D eigenvalue weighted by molar-refractivity contribution is 5.75. The molecule has 4 atom stereocenters. The van der Waals surface area contributed by atoms with Crippen LogP contribution < -0.4 is 0 Å². The fourth-order valence-electron chi connectivity index (χ4n) is 2.88. The molecule has 0 aromatic rings. The topological polar surface area (TPSA) is 55.8 Å². The van der Waals surface area contributed by atoms with E-state index in [2.05, 4.69) is 0 Å². The SMILES string of the molecule is CCOC(=O)C1CC2(C)CC(O)C1(C)O2. The molecule has 2 saturated heterocycles. The Morgan fingerprint density at radius 2 is 2.20 bits per heavy atom. The van der Waals surface area contributed by atoms with Gasteiger partial charge in [0.05, 0.1) is 24.2 Å². The van der Waals surface area contributed by atoms with Crippen molar-refractivity contribution in [3.8, 4) is 0 Å². The molecule has 0 aromatic heterocycles. The summed E-state index contributed by atoms with van der Waals surface area (Å²) in [6.07, 6.45) is 0.698. The number of aliphatic hydroxyl groups excluding tert-OH is 1. The molecular weight excluding hydrogens is 196 g/mol. The van der Waals surface area contributed by atoms with Gasteiger partial charge in [-0.1, -0.05) is 0 Å². The van der Waals surface area contributed by atoms with E-state index in [1.165, 1.54) is 0 Å². The quantitative estimate of drug-likeness (QED) is 0.693. The van der Waals surface area contributed by atoms with Crippen molar-refractivity contribution >= 4 is 5.97 Å². The van der Waals surface area contributed by atoms with E-state index in [1.54, 1.807) is 13.8 Å². The molecule has 2 rings (SSSR count). The number of carbonyl (C=O) groups is 1. The molecule has 86 valence electrons. The van der Waals surface area contributed by atoms with Crippen LogP contribution in [0.2, 0.25) is 0 Å². The molecule has 2 aliphatic rings. The Hall–Kier alpha value is -0.610. The summed E-state index contributed by atoms with van der Waals surface area (Å²) in [5, 5.41) is 9.90. The lowest BCUT2D eigenvalue weighted by Gasteiger charge is -2.31. The third-order valence-corrected chi connectivity index (χ3v) is 3.65. The van der Waals surface area contributed by atoms with Gasteiger partial charge in [-0.2, -0.15) is 0 Å². The van der Waals surface area contributed by atoms with Crippen molar-refractivity contribution in [1.29, 1.82) is 0 Å². The first-order valence-electron chi connectivity index (χ1n) is 5.46. The van der Waals surface area contributed by atoms with Crippen LogP contribution in [0.3, 0.4) is 0 Å². The van der Waals surface area contributed by atoms with Crippen molar-refractivity contribution in [2.24, 2.45) is 5.92 Å². The highest BCUT2D eigenvalue weighted by Gasteiger charge is 2.64. The van der Waals surface area contributed by atoms with Gasteiger partial charge in [-0.3, -0.25) is 4.79 Å². The predicted molar refractivity (Wildman–Crippen MR) is 53.3 cm³/mol. The van der Waals surface area contributed by atoms with Crippen molar-refractivity contribution in [3.63, 3.8) is 0 Å². The van der Waals surface area contributed by atoms with Gasteiger partial charge in [0.1, 0.15) is 5.60 Å². The van der Waals surface area contributed by atoms with E-state index >= 15 is 0 Å². The predicted octanol–water partition coefficient (Wildman–Crippen LogP) is 0.868. The molecule has 0 aromatic carbocycles. The van der Waals surface area contributed by atoms with Gasteiger partial charge >= 0.3 is 5.97 Å². The van der Waals surface area contributed by atoms with Gasteiger partial charge < -0.3 is 14.6 Å². The molecule has 2 bridgehead atoms. The molecule has 0 aliphatic carbocycles. The van der Waals surface area contributed by atoms with Gasteiger partial charge in [0.25, 0.3) is 0 Å². The van der Waals surface area contributed by atoms with Crippen molar-refractivity contribution in [2.75, 3.05) is 6.61 Å². The Balaban J connectivity index is 2.20. The number of esters is 1. The van der Waals surface area contributed by atoms with Gasteiger partial charge in [-0.25, -0.2) is 0 Å². The lowest BCUT2D eigenvalue weighted by atomic mass is 9.73. The standard InChI is InChI=1S/C11H18O4/c1-4-14-9(13)7-5-10(2)6-8(12)11(7,3)15-10/h7-8,12H,4-6H2,1-3H3. The zero-order chi connectivity index (χ0) is 11.3. The molecule has 0 saturated carbocycles. The summed E-state index contributed by atoms with van der Waals surface area (Å²) in [5.74, 6) is -0.575. The number of hydrogen-bond donors (Lipinski definition) is 1. The molecule has 4 unspecified atom stereocenters. The largest absolute Gasteiger partial charge is 0.466 e. The van der Waals surface area contributed by atoms with Crippen LogP contribution in [-0.2, 0) is 14.3 Å². The maximum atomic E-state index is 11.7. The van der Waals surface area contributed by atoms with Crippen molar-refractivity contribution in [3.05, 3.63) is 0 Å². The van der Waals surface area contributed by atoms with Gasteiger partial charge in [0, 0.05) is 6.42 Å². The van der Waals surface area contributed by atoms with Crippen LogP contribution in [0.1, 0.15) is 33.6 Å². The Kier molecular flexibility index (Phi) is 2.32. The van der Waals surface area contributed by atoms with Crippen LogP contribution >= 0.6 is 0 Å². The van der Waals surface area contributed by atoms with Crippen LogP contribution in [0.15, 0.2) is 0 Å². The Bertz CT molecular complexity index is 290. The monoisotopic (exact) mass is 214 g/mol. The molecule has 4 heteroatoms. The summed E-state index contributed by atoms with van der Waals surface area (Å²) >= 11 is 0. The number of hydrogen-bond acceptors (Lipinski definition) is 4. The number of rotatable bonds is 2. The smallest absolute Gasteiger partial charge is 0.312 e. The second-order valence-corrected chi connectivity index (χ2v) is 4.96. The first-order valence-corrected chi connectivity index (χ1v) is 5.46. The summed E-state index contributed by atoms with van der Waals surface area (Å²) in [4.78, 5) is 11.7. The first kappa shape index (κ1) is 10.9. The number of fused-ring (bicyclic) bond motifs is 2. The van der Waals surface area contributed by atoms with E-state index in [-0.39, 0.29) is 17.5 Å². The molecule has 2 heterocycles. The highest BCUT2D eigenvalue weighted by Crippen LogP contribution is 2.54. The molecule has 0 amide bonds. The van der Waals surface area contributed by atoms with Crippen LogP contribution in [-0.4, -0.2) is 35.0 Å². The van der Waals surface area contributed by atoms with Gasteiger partial charge in [-0.15, -0.1) is 0 Å². The molecule has 15 heavy (non-hydrogen) atoms.